The number of hydrazone groups is 1. The van der Waals surface area contributed by atoms with Gasteiger partial charge in [-0.3, -0.25) is 14.9 Å². The number of amides is 1. The van der Waals surface area contributed by atoms with Gasteiger partial charge in [-0.25, -0.2) is 10.4 Å². The molecule has 0 aliphatic rings. The van der Waals surface area contributed by atoms with E-state index in [9.17, 15) is 14.9 Å². The molecule has 0 spiro atoms. The Bertz CT molecular complexity index is 783. The Hall–Kier alpha value is -2.94. The van der Waals surface area contributed by atoms with Crippen LogP contribution in [0.25, 0.3) is 0 Å². The number of ether oxygens (including phenoxy) is 1. The molecule has 1 heterocycles. The molecule has 0 aliphatic heterocycles. The quantitative estimate of drug-likeness (QED) is 0.352. The van der Waals surface area contributed by atoms with Crippen LogP contribution in [0.15, 0.2) is 52.7 Å². The van der Waals surface area contributed by atoms with Crippen molar-refractivity contribution in [1.29, 1.82) is 0 Å². The number of nitrogens with one attached hydrogen (secondary N) is 1. The lowest BCUT2D eigenvalue weighted by atomic mass is 10.2. The number of methoxy groups -OCH3 is 1. The number of carbonyl (C=O) groups is 1. The minimum absolute atomic E-state index is 0.159. The van der Waals surface area contributed by atoms with E-state index in [1.807, 2.05) is 12.1 Å². The van der Waals surface area contributed by atoms with E-state index in [4.69, 9.17) is 4.74 Å². The summed E-state index contributed by atoms with van der Waals surface area (Å²) < 4.78 is 4.93. The lowest BCUT2D eigenvalue weighted by Crippen LogP contribution is -2.26. The van der Waals surface area contributed by atoms with Crippen LogP contribution in [-0.4, -0.2) is 34.4 Å². The summed E-state index contributed by atoms with van der Waals surface area (Å²) in [7, 11) is 1.36. The summed E-state index contributed by atoms with van der Waals surface area (Å²) >= 11 is 1.31. The molecule has 130 valence electrons. The van der Waals surface area contributed by atoms with Gasteiger partial charge in [0.15, 0.2) is 5.75 Å². The van der Waals surface area contributed by atoms with Crippen LogP contribution in [0.3, 0.4) is 0 Å². The predicted octanol–water partition coefficient (Wildman–Crippen LogP) is 2.63. The molecule has 1 atom stereocenters. The van der Waals surface area contributed by atoms with E-state index in [0.717, 1.165) is 5.03 Å². The molecule has 1 aromatic heterocycles. The molecule has 0 saturated heterocycles. The molecule has 1 amide bonds. The van der Waals surface area contributed by atoms with E-state index in [1.54, 1.807) is 25.3 Å². The normalized spacial score (nSPS) is 11.9. The van der Waals surface area contributed by atoms with Gasteiger partial charge in [0.25, 0.3) is 5.91 Å². The third-order valence-electron chi connectivity index (χ3n) is 3.09. The molecular weight excluding hydrogens is 344 g/mol. The molecule has 0 unspecified atom stereocenters. The molecule has 0 radical (unpaired) electrons. The monoisotopic (exact) mass is 360 g/mol. The van der Waals surface area contributed by atoms with Gasteiger partial charge < -0.3 is 4.74 Å². The fraction of sp³-hybridized carbons (Fsp3) is 0.188. The van der Waals surface area contributed by atoms with Gasteiger partial charge >= 0.3 is 5.69 Å². The molecule has 8 nitrogen and oxygen atoms in total. The number of hydrogen-bond donors (Lipinski definition) is 1. The molecule has 0 fully saturated rings. The number of rotatable bonds is 7. The van der Waals surface area contributed by atoms with Gasteiger partial charge in [0.05, 0.1) is 28.5 Å². The average Bonchev–Trinajstić information content (AvgIpc) is 2.62. The first-order valence-corrected chi connectivity index (χ1v) is 8.12. The van der Waals surface area contributed by atoms with Crippen LogP contribution in [0.5, 0.6) is 5.75 Å². The summed E-state index contributed by atoms with van der Waals surface area (Å²) in [5, 5.41) is 15.2. The van der Waals surface area contributed by atoms with Gasteiger partial charge in [-0.1, -0.05) is 17.8 Å². The molecule has 1 N–H and O–H groups in total. The third-order valence-corrected chi connectivity index (χ3v) is 4.14. The van der Waals surface area contributed by atoms with E-state index in [0.29, 0.717) is 5.56 Å². The first-order chi connectivity index (χ1) is 12.0. The summed E-state index contributed by atoms with van der Waals surface area (Å²) in [6.07, 6.45) is 2.99. The van der Waals surface area contributed by atoms with Gasteiger partial charge in [-0.15, -0.1) is 0 Å². The molecule has 0 aliphatic carbocycles. The fourth-order valence-electron chi connectivity index (χ4n) is 1.84. The van der Waals surface area contributed by atoms with Crippen LogP contribution in [-0.2, 0) is 4.79 Å². The van der Waals surface area contributed by atoms with Gasteiger partial charge in [0, 0.05) is 17.8 Å². The molecule has 2 aromatic rings. The zero-order valence-electron chi connectivity index (χ0n) is 13.6. The molecule has 9 heteroatoms. The Morgan fingerprint density at radius 2 is 2.24 bits per heavy atom. The number of pyridine rings is 1. The highest BCUT2D eigenvalue weighted by atomic mass is 32.2. The second-order valence-corrected chi connectivity index (χ2v) is 6.21. The van der Waals surface area contributed by atoms with Crippen molar-refractivity contribution in [3.63, 3.8) is 0 Å². The lowest BCUT2D eigenvalue weighted by Gasteiger charge is -2.08. The van der Waals surface area contributed by atoms with Crippen molar-refractivity contribution >= 4 is 29.6 Å². The highest BCUT2D eigenvalue weighted by Crippen LogP contribution is 2.26. The first kappa shape index (κ1) is 18.4. The lowest BCUT2D eigenvalue weighted by molar-refractivity contribution is -0.385. The van der Waals surface area contributed by atoms with Crippen molar-refractivity contribution in [1.82, 2.24) is 10.4 Å². The fourth-order valence-corrected chi connectivity index (χ4v) is 2.64. The van der Waals surface area contributed by atoms with Crippen LogP contribution in [0.4, 0.5) is 5.69 Å². The van der Waals surface area contributed by atoms with E-state index in [-0.39, 0.29) is 17.3 Å². The van der Waals surface area contributed by atoms with Gasteiger partial charge in [0.2, 0.25) is 0 Å². The van der Waals surface area contributed by atoms with Crippen molar-refractivity contribution in [2.24, 2.45) is 5.10 Å². The highest BCUT2D eigenvalue weighted by Gasteiger charge is 2.15. The van der Waals surface area contributed by atoms with Crippen LogP contribution in [0.1, 0.15) is 12.5 Å². The smallest absolute Gasteiger partial charge is 0.311 e. The number of hydrogen-bond acceptors (Lipinski definition) is 7. The zero-order chi connectivity index (χ0) is 18.2. The number of thioether (sulfide) groups is 1. The summed E-state index contributed by atoms with van der Waals surface area (Å²) in [4.78, 5) is 26.6. The maximum absolute atomic E-state index is 12.0. The number of aromatic nitrogens is 1. The molecule has 25 heavy (non-hydrogen) atoms. The van der Waals surface area contributed by atoms with E-state index < -0.39 is 10.2 Å². The summed E-state index contributed by atoms with van der Waals surface area (Å²) in [6.45, 7) is 1.74. The van der Waals surface area contributed by atoms with Gasteiger partial charge in [-0.05, 0) is 31.2 Å². The second-order valence-electron chi connectivity index (χ2n) is 4.85. The van der Waals surface area contributed by atoms with Crippen molar-refractivity contribution in [3.05, 3.63) is 58.3 Å². The maximum Gasteiger partial charge on any atom is 0.311 e. The highest BCUT2D eigenvalue weighted by molar-refractivity contribution is 8.00. The molecule has 2 rings (SSSR count). The van der Waals surface area contributed by atoms with Crippen LogP contribution in [0, 0.1) is 10.1 Å². The average molecular weight is 360 g/mol. The Morgan fingerprint density at radius 3 is 2.88 bits per heavy atom. The van der Waals surface area contributed by atoms with Crippen LogP contribution < -0.4 is 10.2 Å². The van der Waals surface area contributed by atoms with Gasteiger partial charge in [-0.2, -0.15) is 5.10 Å². The maximum atomic E-state index is 12.0. The Kier molecular flexibility index (Phi) is 6.47. The van der Waals surface area contributed by atoms with E-state index >= 15 is 0 Å². The predicted molar refractivity (Wildman–Crippen MR) is 94.9 cm³/mol. The van der Waals surface area contributed by atoms with Gasteiger partial charge in [0.1, 0.15) is 0 Å². The van der Waals surface area contributed by atoms with E-state index in [1.165, 1.54) is 37.2 Å². The number of nitrogens with zero attached hydrogens (tertiary/aromatic N) is 3. The number of nitro benzene ring substituents is 1. The van der Waals surface area contributed by atoms with Crippen molar-refractivity contribution in [2.45, 2.75) is 17.2 Å². The second kappa shape index (κ2) is 8.78. The van der Waals surface area contributed by atoms with Crippen LogP contribution >= 0.6 is 11.8 Å². The number of benzene rings is 1. The molecular formula is C16H16N4O4S. The minimum atomic E-state index is -0.541. The number of carbonyl (C=O) groups excluding carboxylic acids is 1. The van der Waals surface area contributed by atoms with Crippen molar-refractivity contribution in [2.75, 3.05) is 7.11 Å². The standard InChI is InChI=1S/C16H16N4O4S/c1-11(25-15-5-3-4-8-17-15)16(21)19-18-10-12-6-7-14(24-2)13(9-12)20(22)23/h3-11H,1-2H3,(H,19,21)/b18-10-/t11-/m0/s1. The van der Waals surface area contributed by atoms with Crippen molar-refractivity contribution in [3.8, 4) is 5.75 Å². The Morgan fingerprint density at radius 1 is 1.44 bits per heavy atom. The minimum Gasteiger partial charge on any atom is -0.490 e. The van der Waals surface area contributed by atoms with E-state index in [2.05, 4.69) is 15.5 Å². The topological polar surface area (TPSA) is 107 Å². The number of nitro groups is 1. The Balaban J connectivity index is 1.97. The summed E-state index contributed by atoms with van der Waals surface area (Å²) in [5.74, 6) is -0.138. The third kappa shape index (κ3) is 5.28. The summed E-state index contributed by atoms with van der Waals surface area (Å²) in [6, 6.07) is 9.85. The molecule has 1 aromatic carbocycles. The zero-order valence-corrected chi connectivity index (χ0v) is 14.4. The first-order valence-electron chi connectivity index (χ1n) is 7.24. The molecule has 0 bridgehead atoms. The Labute approximate surface area is 148 Å². The van der Waals surface area contributed by atoms with Crippen LogP contribution in [0.2, 0.25) is 0 Å². The summed E-state index contributed by atoms with van der Waals surface area (Å²) in [5.41, 5.74) is 2.71. The SMILES string of the molecule is COc1ccc(/C=N\NC(=O)[C@H](C)Sc2ccccn2)cc1[N+](=O)[O-]. The largest absolute Gasteiger partial charge is 0.490 e. The molecule has 0 saturated carbocycles. The van der Waals surface area contributed by atoms with Crippen molar-refractivity contribution < 1.29 is 14.5 Å².